The van der Waals surface area contributed by atoms with Crippen LogP contribution < -0.4 is 0 Å². The first-order valence-corrected chi connectivity index (χ1v) is 4.25. The fourth-order valence-corrected chi connectivity index (χ4v) is 1.99. The van der Waals surface area contributed by atoms with Crippen molar-refractivity contribution in [1.82, 2.24) is 0 Å². The molecule has 0 saturated heterocycles. The van der Waals surface area contributed by atoms with Gasteiger partial charge >= 0.3 is 18.5 Å². The Kier molecular flexibility index (Phi) is 3.09. The van der Waals surface area contributed by atoms with Gasteiger partial charge in [-0.1, -0.05) is 0 Å². The first kappa shape index (κ1) is 16.2. The number of halogens is 12. The van der Waals surface area contributed by atoms with Crippen molar-refractivity contribution in [3.63, 3.8) is 0 Å². The van der Waals surface area contributed by atoms with Gasteiger partial charge in [-0.05, 0) is 0 Å². The Morgan fingerprint density at radius 3 is 1.16 bits per heavy atom. The number of hydrogen-bond donors (Lipinski definition) is 0. The second kappa shape index (κ2) is 3.62. The Balaban J connectivity index is 3.48. The Labute approximate surface area is 95.9 Å². The molecule has 0 N–H and O–H groups in total. The van der Waals surface area contributed by atoms with Gasteiger partial charge in [0.1, 0.15) is 6.17 Å². The van der Waals surface area contributed by atoms with Crippen LogP contribution in [0.2, 0.25) is 0 Å². The van der Waals surface area contributed by atoms with Crippen LogP contribution in [0.3, 0.4) is 0 Å². The van der Waals surface area contributed by atoms with E-state index in [-0.39, 0.29) is 0 Å². The lowest BCUT2D eigenvalue weighted by molar-refractivity contribution is -0.499. The fraction of sp³-hybridized carbons (Fsp3) is 1.00. The summed E-state index contributed by atoms with van der Waals surface area (Å²) < 4.78 is 147. The normalized spacial score (nSPS) is 30.9. The van der Waals surface area contributed by atoms with E-state index in [0.29, 0.717) is 0 Å². The third kappa shape index (κ3) is 1.70. The van der Waals surface area contributed by atoms with Crippen molar-refractivity contribution >= 4 is 0 Å². The molecule has 0 aromatic rings. The summed E-state index contributed by atoms with van der Waals surface area (Å²) in [7, 11) is 0. The molecule has 2 unspecified atom stereocenters. The molecule has 1 saturated carbocycles. The first-order chi connectivity index (χ1) is 8.03. The van der Waals surface area contributed by atoms with Crippen LogP contribution in [0.5, 0.6) is 0 Å². The molecular weight excluding hydrogens is 312 g/mol. The molecule has 0 aromatic heterocycles. The molecule has 1 fully saturated rings. The summed E-state index contributed by atoms with van der Waals surface area (Å²) in [5, 5.41) is 0. The fourth-order valence-electron chi connectivity index (χ4n) is 1.99. The van der Waals surface area contributed by atoms with E-state index in [2.05, 4.69) is 0 Å². The Hall–Kier alpha value is -0.840. The van der Waals surface area contributed by atoms with E-state index in [0.717, 1.165) is 0 Å². The minimum atomic E-state index is -6.92. The standard InChI is InChI=1S/C7H2F12/c8-2-1(5(11,12)13)4(9,10)3(2,6(14,15)16)7(17,18)19/h1-2H. The van der Waals surface area contributed by atoms with Gasteiger partial charge in [-0.3, -0.25) is 0 Å². The lowest BCUT2D eigenvalue weighted by Gasteiger charge is -2.56. The zero-order valence-corrected chi connectivity index (χ0v) is 8.19. The molecule has 114 valence electrons. The van der Waals surface area contributed by atoms with E-state index >= 15 is 0 Å². The van der Waals surface area contributed by atoms with Gasteiger partial charge in [0.25, 0.3) is 11.3 Å². The van der Waals surface area contributed by atoms with Crippen molar-refractivity contribution < 1.29 is 52.7 Å². The second-order valence-corrected chi connectivity index (χ2v) is 3.85. The maximum Gasteiger partial charge on any atom is 0.412 e. The minimum absolute atomic E-state index is 4.65. The largest absolute Gasteiger partial charge is 0.412 e. The topological polar surface area (TPSA) is 0 Å². The van der Waals surface area contributed by atoms with E-state index in [1.165, 1.54) is 0 Å². The maximum atomic E-state index is 12.9. The minimum Gasteiger partial charge on any atom is -0.245 e. The molecule has 0 amide bonds. The second-order valence-electron chi connectivity index (χ2n) is 3.85. The van der Waals surface area contributed by atoms with Crippen molar-refractivity contribution in [3.8, 4) is 0 Å². The molecule has 0 aromatic carbocycles. The quantitative estimate of drug-likeness (QED) is 0.586. The summed E-state index contributed by atoms with van der Waals surface area (Å²) in [6.07, 6.45) is -24.9. The van der Waals surface area contributed by atoms with Crippen molar-refractivity contribution in [2.45, 2.75) is 30.6 Å². The molecule has 2 atom stereocenters. The highest BCUT2D eigenvalue weighted by Crippen LogP contribution is 2.74. The molecular formula is C7H2F12. The summed E-state index contributed by atoms with van der Waals surface area (Å²) in [5.74, 6) is -11.0. The lowest BCUT2D eigenvalue weighted by Crippen LogP contribution is -2.81. The Morgan fingerprint density at radius 1 is 0.684 bits per heavy atom. The van der Waals surface area contributed by atoms with Crippen molar-refractivity contribution in [3.05, 3.63) is 0 Å². The van der Waals surface area contributed by atoms with Gasteiger partial charge in [-0.25, -0.2) is 13.2 Å². The van der Waals surface area contributed by atoms with Crippen LogP contribution in [-0.4, -0.2) is 30.6 Å². The molecule has 0 spiro atoms. The van der Waals surface area contributed by atoms with Crippen LogP contribution in [0.15, 0.2) is 0 Å². The van der Waals surface area contributed by atoms with E-state index in [1.54, 1.807) is 0 Å². The maximum absolute atomic E-state index is 12.9. The van der Waals surface area contributed by atoms with Crippen molar-refractivity contribution in [2.24, 2.45) is 11.3 Å². The van der Waals surface area contributed by atoms with Crippen LogP contribution in [0, 0.1) is 11.3 Å². The van der Waals surface area contributed by atoms with Crippen LogP contribution in [0.25, 0.3) is 0 Å². The predicted molar refractivity (Wildman–Crippen MR) is 33.9 cm³/mol. The SMILES string of the molecule is FC1C(C(F)(F)F)C(F)(F)C1(C(F)(F)F)C(F)(F)F. The Bertz CT molecular complexity index is 342. The highest BCUT2D eigenvalue weighted by atomic mass is 19.4. The zero-order chi connectivity index (χ0) is 15.7. The van der Waals surface area contributed by atoms with E-state index in [9.17, 15) is 52.7 Å². The van der Waals surface area contributed by atoms with Gasteiger partial charge in [0, 0.05) is 0 Å². The van der Waals surface area contributed by atoms with E-state index in [4.69, 9.17) is 0 Å². The molecule has 0 bridgehead atoms. The summed E-state index contributed by atoms with van der Waals surface area (Å²) in [4.78, 5) is 0. The van der Waals surface area contributed by atoms with Gasteiger partial charge in [0.2, 0.25) is 0 Å². The molecule has 1 aliphatic rings. The van der Waals surface area contributed by atoms with Gasteiger partial charge in [0.05, 0.1) is 0 Å². The molecule has 0 nitrogen and oxygen atoms in total. The molecule has 12 heteroatoms. The average Bonchev–Trinajstić information content (AvgIpc) is 1.90. The van der Waals surface area contributed by atoms with Gasteiger partial charge in [-0.15, -0.1) is 0 Å². The highest BCUT2D eigenvalue weighted by Gasteiger charge is 2.98. The summed E-state index contributed by atoms with van der Waals surface area (Å²) in [6, 6.07) is 0. The van der Waals surface area contributed by atoms with Crippen molar-refractivity contribution in [2.75, 3.05) is 0 Å². The number of rotatable bonds is 0. The van der Waals surface area contributed by atoms with Gasteiger partial charge in [0.15, 0.2) is 5.92 Å². The summed E-state index contributed by atoms with van der Waals surface area (Å²) >= 11 is 0. The number of alkyl halides is 12. The predicted octanol–water partition coefficient (Wildman–Crippen LogP) is 4.26. The molecule has 19 heavy (non-hydrogen) atoms. The van der Waals surface area contributed by atoms with E-state index < -0.39 is 42.0 Å². The third-order valence-electron chi connectivity index (χ3n) is 2.87. The zero-order valence-electron chi connectivity index (χ0n) is 8.19. The van der Waals surface area contributed by atoms with E-state index in [1.807, 2.05) is 0 Å². The van der Waals surface area contributed by atoms with Crippen LogP contribution in [0.4, 0.5) is 52.7 Å². The summed E-state index contributed by atoms with van der Waals surface area (Å²) in [5.41, 5.74) is -6.34. The third-order valence-corrected chi connectivity index (χ3v) is 2.87. The Morgan fingerprint density at radius 2 is 1.00 bits per heavy atom. The molecule has 0 aliphatic heterocycles. The summed E-state index contributed by atoms with van der Waals surface area (Å²) in [6.45, 7) is 0. The molecule has 0 heterocycles. The van der Waals surface area contributed by atoms with Gasteiger partial charge < -0.3 is 0 Å². The monoisotopic (exact) mass is 314 g/mol. The average molecular weight is 314 g/mol. The molecule has 0 radical (unpaired) electrons. The highest BCUT2D eigenvalue weighted by molar-refractivity contribution is 5.23. The smallest absolute Gasteiger partial charge is 0.245 e. The lowest BCUT2D eigenvalue weighted by atomic mass is 9.55. The molecule has 1 aliphatic carbocycles. The number of hydrogen-bond acceptors (Lipinski definition) is 0. The van der Waals surface area contributed by atoms with Gasteiger partial charge in [-0.2, -0.15) is 39.5 Å². The van der Waals surface area contributed by atoms with Crippen LogP contribution in [-0.2, 0) is 0 Å². The molecule has 1 rings (SSSR count). The van der Waals surface area contributed by atoms with Crippen LogP contribution in [0.1, 0.15) is 0 Å². The first-order valence-electron chi connectivity index (χ1n) is 4.25. The van der Waals surface area contributed by atoms with Crippen LogP contribution >= 0.6 is 0 Å². The van der Waals surface area contributed by atoms with Crippen molar-refractivity contribution in [1.29, 1.82) is 0 Å².